The molecule has 3 heterocycles. The number of pyridine rings is 1. The van der Waals surface area contributed by atoms with Gasteiger partial charge in [-0.15, -0.1) is 52.7 Å². The zero-order valence-electron chi connectivity index (χ0n) is 21.9. The van der Waals surface area contributed by atoms with E-state index in [4.69, 9.17) is 0 Å². The van der Waals surface area contributed by atoms with E-state index in [1.165, 1.54) is 33.2 Å². The average molecular weight is 673 g/mol. The minimum absolute atomic E-state index is 0. The van der Waals surface area contributed by atoms with Crippen molar-refractivity contribution in [3.05, 3.63) is 116 Å². The molecule has 2 aromatic heterocycles. The Balaban J connectivity index is 0.000000191. The summed E-state index contributed by atoms with van der Waals surface area (Å²) in [5, 5.41) is 2.45. The second kappa shape index (κ2) is 10.2. The van der Waals surface area contributed by atoms with Crippen LogP contribution in [0.25, 0.3) is 38.8 Å². The Bertz CT molecular complexity index is 1680. The van der Waals surface area contributed by atoms with Gasteiger partial charge in [-0.3, -0.25) is 0 Å². The Hall–Kier alpha value is -3.79. The first kappa shape index (κ1) is 25.8. The van der Waals surface area contributed by atoms with E-state index >= 15 is 0 Å². The summed E-state index contributed by atoms with van der Waals surface area (Å²) in [6.07, 6.45) is 5.38. The molecule has 1 aliphatic heterocycles. The third-order valence-electron chi connectivity index (χ3n) is 6.70. The van der Waals surface area contributed by atoms with Crippen LogP contribution in [0, 0.1) is 18.5 Å². The second-order valence-electron chi connectivity index (χ2n) is 10.2. The predicted octanol–water partition coefficient (Wildman–Crippen LogP) is 7.05. The first-order chi connectivity index (χ1) is 17.9. The average Bonchev–Trinajstić information content (AvgIpc) is 3.34. The van der Waals surface area contributed by atoms with Gasteiger partial charge in [-0.25, -0.2) is 0 Å². The molecule has 5 heteroatoms. The van der Waals surface area contributed by atoms with E-state index < -0.39 is 0 Å². The molecule has 7 rings (SSSR count). The SMILES string of the molecule is CN1c2c([c-]cc3ccccc23)-[n+]2[c-]n(C(C)(C)C)c3cccc1c32.[Ir+3].[c-]1ccccc1-c1ccccn1. The molecule has 0 amide bonds. The van der Waals surface area contributed by atoms with E-state index in [1.807, 2.05) is 42.5 Å². The number of nitrogens with zero attached hydrogens (tertiary/aromatic N) is 4. The first-order valence-electron chi connectivity index (χ1n) is 12.5. The molecule has 0 bridgehead atoms. The Labute approximate surface area is 237 Å². The zero-order chi connectivity index (χ0) is 25.6. The van der Waals surface area contributed by atoms with Crippen molar-refractivity contribution in [3.63, 3.8) is 0 Å². The quantitative estimate of drug-likeness (QED) is 0.138. The fraction of sp³-hybridized carbons (Fsp3) is 0.152. The zero-order valence-corrected chi connectivity index (χ0v) is 24.3. The molecule has 0 N–H and O–H groups in total. The van der Waals surface area contributed by atoms with Crippen LogP contribution in [-0.4, -0.2) is 16.6 Å². The molecule has 0 fully saturated rings. The second-order valence-corrected chi connectivity index (χ2v) is 10.2. The molecule has 0 atom stereocenters. The third-order valence-corrected chi connectivity index (χ3v) is 6.70. The van der Waals surface area contributed by atoms with Gasteiger partial charge < -0.3 is 19.0 Å². The van der Waals surface area contributed by atoms with E-state index in [1.54, 1.807) is 6.20 Å². The Morgan fingerprint density at radius 3 is 2.37 bits per heavy atom. The van der Waals surface area contributed by atoms with Gasteiger partial charge in [0.1, 0.15) is 0 Å². The van der Waals surface area contributed by atoms with Crippen LogP contribution in [-0.2, 0) is 25.6 Å². The maximum Gasteiger partial charge on any atom is 3.00 e. The number of imidazole rings is 1. The van der Waals surface area contributed by atoms with Gasteiger partial charge in [0, 0.05) is 11.9 Å². The number of benzene rings is 4. The van der Waals surface area contributed by atoms with Gasteiger partial charge in [0.2, 0.25) is 6.33 Å². The summed E-state index contributed by atoms with van der Waals surface area (Å²) >= 11 is 0. The van der Waals surface area contributed by atoms with Crippen molar-refractivity contribution >= 4 is 33.2 Å². The topological polar surface area (TPSA) is 24.9 Å². The summed E-state index contributed by atoms with van der Waals surface area (Å²) in [6.45, 7) is 6.64. The van der Waals surface area contributed by atoms with Gasteiger partial charge >= 0.3 is 20.1 Å². The van der Waals surface area contributed by atoms with Crippen LogP contribution >= 0.6 is 0 Å². The fourth-order valence-corrected chi connectivity index (χ4v) is 4.96. The number of hydrogen-bond acceptors (Lipinski definition) is 2. The van der Waals surface area contributed by atoms with Gasteiger partial charge in [-0.2, -0.15) is 12.1 Å². The van der Waals surface area contributed by atoms with Gasteiger partial charge in [0.15, 0.2) is 0 Å². The molecule has 38 heavy (non-hydrogen) atoms. The molecule has 0 saturated carbocycles. The van der Waals surface area contributed by atoms with Crippen molar-refractivity contribution < 1.29 is 24.7 Å². The Morgan fingerprint density at radius 1 is 0.842 bits per heavy atom. The molecule has 0 spiro atoms. The number of hydrogen-bond donors (Lipinski definition) is 0. The summed E-state index contributed by atoms with van der Waals surface area (Å²) < 4.78 is 4.41. The van der Waals surface area contributed by atoms with Crippen molar-refractivity contribution in [2.75, 3.05) is 11.9 Å². The predicted molar refractivity (Wildman–Crippen MR) is 150 cm³/mol. The van der Waals surface area contributed by atoms with E-state index in [0.717, 1.165) is 16.9 Å². The van der Waals surface area contributed by atoms with Crippen molar-refractivity contribution in [2.24, 2.45) is 0 Å². The maximum atomic E-state index is 4.22. The number of fused-ring (bicyclic) bond motifs is 4. The molecular weight excluding hydrogens is 645 g/mol. The minimum Gasteiger partial charge on any atom is -0.407 e. The molecule has 1 aliphatic rings. The molecular formula is C33H28IrN4+. The smallest absolute Gasteiger partial charge is 0.407 e. The largest absolute Gasteiger partial charge is 3.00 e. The van der Waals surface area contributed by atoms with Gasteiger partial charge in [0.05, 0.1) is 16.6 Å². The van der Waals surface area contributed by atoms with Crippen molar-refractivity contribution in [2.45, 2.75) is 26.3 Å². The van der Waals surface area contributed by atoms with Crippen molar-refractivity contribution in [3.8, 4) is 16.9 Å². The van der Waals surface area contributed by atoms with Crippen molar-refractivity contribution in [1.29, 1.82) is 0 Å². The number of anilines is 2. The summed E-state index contributed by atoms with van der Waals surface area (Å²) in [7, 11) is 2.14. The molecule has 0 aliphatic carbocycles. The van der Waals surface area contributed by atoms with E-state index in [2.05, 4.69) is 114 Å². The summed E-state index contributed by atoms with van der Waals surface area (Å²) in [6, 6.07) is 37.4. The third kappa shape index (κ3) is 4.42. The molecule has 0 saturated heterocycles. The van der Waals surface area contributed by atoms with Gasteiger partial charge in [-0.1, -0.05) is 48.2 Å². The van der Waals surface area contributed by atoms with Gasteiger partial charge in [0.25, 0.3) is 0 Å². The molecule has 6 aromatic rings. The molecule has 188 valence electrons. The normalized spacial score (nSPS) is 11.9. The Kier molecular flexibility index (Phi) is 6.91. The molecule has 0 unspecified atom stereocenters. The summed E-state index contributed by atoms with van der Waals surface area (Å²) in [5.74, 6) is 0. The summed E-state index contributed by atoms with van der Waals surface area (Å²) in [5.41, 5.74) is 7.81. The van der Waals surface area contributed by atoms with Crippen LogP contribution in [0.1, 0.15) is 20.8 Å². The van der Waals surface area contributed by atoms with Crippen LogP contribution in [0.4, 0.5) is 11.4 Å². The number of aromatic nitrogens is 3. The van der Waals surface area contributed by atoms with Gasteiger partial charge in [-0.05, 0) is 51.3 Å². The van der Waals surface area contributed by atoms with Crippen LogP contribution in [0.2, 0.25) is 0 Å². The van der Waals surface area contributed by atoms with Crippen LogP contribution in [0.3, 0.4) is 0 Å². The monoisotopic (exact) mass is 673 g/mol. The fourth-order valence-electron chi connectivity index (χ4n) is 4.96. The summed E-state index contributed by atoms with van der Waals surface area (Å²) in [4.78, 5) is 6.51. The Morgan fingerprint density at radius 2 is 1.63 bits per heavy atom. The number of para-hydroxylation sites is 1. The van der Waals surface area contributed by atoms with Crippen LogP contribution in [0.5, 0.6) is 0 Å². The molecule has 4 aromatic carbocycles. The van der Waals surface area contributed by atoms with Crippen LogP contribution < -0.4 is 9.47 Å². The van der Waals surface area contributed by atoms with E-state index in [9.17, 15) is 0 Å². The van der Waals surface area contributed by atoms with Crippen molar-refractivity contribution in [1.82, 2.24) is 9.55 Å². The number of rotatable bonds is 1. The molecule has 4 nitrogen and oxygen atoms in total. The maximum absolute atomic E-state index is 4.22. The van der Waals surface area contributed by atoms with E-state index in [0.29, 0.717) is 0 Å². The minimum atomic E-state index is -0.0396. The van der Waals surface area contributed by atoms with E-state index in [-0.39, 0.29) is 25.6 Å². The first-order valence-corrected chi connectivity index (χ1v) is 12.5. The molecule has 0 radical (unpaired) electrons. The van der Waals surface area contributed by atoms with Crippen LogP contribution in [0.15, 0.2) is 97.2 Å². The standard InChI is InChI=1S/C22H20N3.C11H8N.Ir/c1-22(2,3)25-14-24-18-13-12-15-8-5-6-9-16(15)20(18)23(4)17-10-7-11-19(25)21(17)24;1-2-6-10(7-3-1)11-8-4-5-9-12-11;/h5-12H,1-4H3;1-6,8-9H;/q2*-1;+3.